The van der Waals surface area contributed by atoms with Gasteiger partial charge in [0.25, 0.3) is 0 Å². The van der Waals surface area contributed by atoms with Crippen LogP contribution in [0.5, 0.6) is 5.88 Å². The Hall–Kier alpha value is -1.88. The Morgan fingerprint density at radius 1 is 1.42 bits per heavy atom. The van der Waals surface area contributed by atoms with Crippen molar-refractivity contribution in [2.45, 2.75) is 18.4 Å². The van der Waals surface area contributed by atoms with Crippen molar-refractivity contribution in [1.29, 1.82) is 5.26 Å². The quantitative estimate of drug-likeness (QED) is 0.866. The third kappa shape index (κ3) is 3.61. The molecule has 0 aliphatic carbocycles. The lowest BCUT2D eigenvalue weighted by Crippen LogP contribution is -2.52. The average molecular weight is 332 g/mol. The van der Waals surface area contributed by atoms with E-state index in [9.17, 15) is 10.4 Å². The topological polar surface area (TPSA) is 81.9 Å². The molecule has 1 aromatic heterocycles. The van der Waals surface area contributed by atoms with Gasteiger partial charge in [-0.2, -0.15) is 5.26 Å². The molecule has 130 valence electrons. The molecule has 0 spiro atoms. The minimum Gasteiger partial charge on any atom is -0.480 e. The molecule has 24 heavy (non-hydrogen) atoms. The molecular formula is C17H24N4O3. The van der Waals surface area contributed by atoms with Crippen LogP contribution in [0.3, 0.4) is 0 Å². The second kappa shape index (κ2) is 7.34. The number of ether oxygens (including phenoxy) is 2. The summed E-state index contributed by atoms with van der Waals surface area (Å²) in [6.45, 7) is 4.49. The number of methoxy groups -OCH3 is 1. The largest absolute Gasteiger partial charge is 0.480 e. The van der Waals surface area contributed by atoms with Crippen molar-refractivity contribution in [3.8, 4) is 11.9 Å². The number of hydrogen-bond acceptors (Lipinski definition) is 7. The van der Waals surface area contributed by atoms with Crippen molar-refractivity contribution in [3.63, 3.8) is 0 Å². The van der Waals surface area contributed by atoms with E-state index in [-0.39, 0.29) is 0 Å². The summed E-state index contributed by atoms with van der Waals surface area (Å²) in [6, 6.07) is 3.97. The number of pyridine rings is 1. The zero-order valence-corrected chi connectivity index (χ0v) is 14.1. The van der Waals surface area contributed by atoms with Crippen LogP contribution in [-0.2, 0) is 4.74 Å². The van der Waals surface area contributed by atoms with Gasteiger partial charge in [-0.3, -0.25) is 0 Å². The van der Waals surface area contributed by atoms with Crippen molar-refractivity contribution in [3.05, 3.63) is 17.8 Å². The molecule has 2 aliphatic rings. The molecule has 2 saturated heterocycles. The van der Waals surface area contributed by atoms with Gasteiger partial charge in [0.2, 0.25) is 5.88 Å². The minimum absolute atomic E-state index is 0.309. The fraction of sp³-hybridized carbons (Fsp3) is 0.647. The maximum atomic E-state index is 11.1. The van der Waals surface area contributed by atoms with Gasteiger partial charge in [0, 0.05) is 19.3 Å². The molecule has 3 rings (SSSR count). The summed E-state index contributed by atoms with van der Waals surface area (Å²) in [5, 5.41) is 20.6. The third-order valence-electron chi connectivity index (χ3n) is 4.62. The van der Waals surface area contributed by atoms with Gasteiger partial charge in [-0.25, -0.2) is 4.98 Å². The molecular weight excluding hydrogens is 308 g/mol. The van der Waals surface area contributed by atoms with Gasteiger partial charge in [0.15, 0.2) is 0 Å². The second-order valence-corrected chi connectivity index (χ2v) is 6.51. The van der Waals surface area contributed by atoms with E-state index in [4.69, 9.17) is 9.47 Å². The van der Waals surface area contributed by atoms with Crippen LogP contribution in [0.25, 0.3) is 0 Å². The summed E-state index contributed by atoms with van der Waals surface area (Å²) in [7, 11) is 1.50. The van der Waals surface area contributed by atoms with E-state index in [1.807, 2.05) is 4.90 Å². The minimum atomic E-state index is -0.954. The van der Waals surface area contributed by atoms with E-state index < -0.39 is 5.60 Å². The first-order chi connectivity index (χ1) is 11.6. The van der Waals surface area contributed by atoms with Gasteiger partial charge >= 0.3 is 0 Å². The first-order valence-electron chi connectivity index (χ1n) is 8.36. The molecule has 1 N–H and O–H groups in total. The third-order valence-corrected chi connectivity index (χ3v) is 4.62. The number of likely N-dealkylation sites (tertiary alicyclic amines) is 1. The van der Waals surface area contributed by atoms with Crippen molar-refractivity contribution in [2.75, 3.05) is 57.9 Å². The molecule has 3 heterocycles. The lowest BCUT2D eigenvalue weighted by Gasteiger charge is -2.35. The number of nitrogens with zero attached hydrogens (tertiary/aromatic N) is 4. The van der Waals surface area contributed by atoms with E-state index in [2.05, 4.69) is 16.0 Å². The lowest BCUT2D eigenvalue weighted by atomic mass is 10.0. The molecule has 0 unspecified atom stereocenters. The highest BCUT2D eigenvalue weighted by molar-refractivity contribution is 5.63. The average Bonchev–Trinajstić information content (AvgIpc) is 3.01. The van der Waals surface area contributed by atoms with E-state index in [1.54, 1.807) is 12.3 Å². The van der Waals surface area contributed by atoms with Crippen molar-refractivity contribution >= 4 is 5.69 Å². The maximum Gasteiger partial charge on any atom is 0.233 e. The van der Waals surface area contributed by atoms with Crippen LogP contribution in [0.2, 0.25) is 0 Å². The Morgan fingerprint density at radius 3 is 2.92 bits per heavy atom. The summed E-state index contributed by atoms with van der Waals surface area (Å²) in [6.07, 6.45) is 3.99. The van der Waals surface area contributed by atoms with Gasteiger partial charge in [-0.1, -0.05) is 0 Å². The first-order valence-corrected chi connectivity index (χ1v) is 8.36. The number of nitriles is 1. The Labute approximate surface area is 142 Å². The predicted octanol–water partition coefficient (Wildman–Crippen LogP) is 0.625. The van der Waals surface area contributed by atoms with Gasteiger partial charge in [0.05, 0.1) is 32.6 Å². The molecule has 7 nitrogen and oxygen atoms in total. The summed E-state index contributed by atoms with van der Waals surface area (Å²) in [4.78, 5) is 8.38. The SMILES string of the molecule is COc1nccc(N2CCOC[C@@](O)(CN3CCCC3)C2)c1C#N. The lowest BCUT2D eigenvalue weighted by molar-refractivity contribution is -0.0439. The van der Waals surface area contributed by atoms with Crippen molar-refractivity contribution in [2.24, 2.45) is 0 Å². The molecule has 2 fully saturated rings. The number of β-amino-alcohol motifs (C(OH)–C–C–N with tert-alkyl or cyclic N) is 1. The first kappa shape index (κ1) is 17.0. The van der Waals surface area contributed by atoms with Crippen LogP contribution in [0.1, 0.15) is 18.4 Å². The van der Waals surface area contributed by atoms with E-state index in [0.29, 0.717) is 44.3 Å². The molecule has 0 bridgehead atoms. The summed E-state index contributed by atoms with van der Waals surface area (Å²) >= 11 is 0. The summed E-state index contributed by atoms with van der Waals surface area (Å²) in [5.74, 6) is 0.309. The molecule has 0 radical (unpaired) electrons. The van der Waals surface area contributed by atoms with Crippen LogP contribution in [0.4, 0.5) is 5.69 Å². The van der Waals surface area contributed by atoms with Gasteiger partial charge < -0.3 is 24.4 Å². The molecule has 7 heteroatoms. The molecule has 1 aromatic rings. The summed E-state index contributed by atoms with van der Waals surface area (Å²) in [5.41, 5.74) is 0.171. The van der Waals surface area contributed by atoms with Crippen LogP contribution in [0, 0.1) is 11.3 Å². The molecule has 0 amide bonds. The van der Waals surface area contributed by atoms with Gasteiger partial charge in [-0.05, 0) is 32.0 Å². The second-order valence-electron chi connectivity index (χ2n) is 6.51. The van der Waals surface area contributed by atoms with E-state index in [1.165, 1.54) is 20.0 Å². The zero-order chi connectivity index (χ0) is 17.0. The van der Waals surface area contributed by atoms with Gasteiger partial charge in [-0.15, -0.1) is 0 Å². The highest BCUT2D eigenvalue weighted by Crippen LogP contribution is 2.29. The molecule has 1 atom stereocenters. The predicted molar refractivity (Wildman–Crippen MR) is 89.2 cm³/mol. The smallest absolute Gasteiger partial charge is 0.233 e. The van der Waals surface area contributed by atoms with E-state index >= 15 is 0 Å². The molecule has 0 aromatic carbocycles. The zero-order valence-electron chi connectivity index (χ0n) is 14.1. The number of rotatable bonds is 4. The van der Waals surface area contributed by atoms with Crippen molar-refractivity contribution in [1.82, 2.24) is 9.88 Å². The van der Waals surface area contributed by atoms with Crippen LogP contribution in [0.15, 0.2) is 12.3 Å². The Bertz CT molecular complexity index is 612. The number of aliphatic hydroxyl groups is 1. The van der Waals surface area contributed by atoms with E-state index in [0.717, 1.165) is 18.8 Å². The normalized spacial score (nSPS) is 25.3. The standard InChI is InChI=1S/C17H24N4O3/c1-23-16-14(10-18)15(4-5-19-16)21-8-9-24-13-17(22,12-21)11-20-6-2-3-7-20/h4-5,22H,2-3,6-9,11-13H2,1H3/t17-/m1/s1. The number of aromatic nitrogens is 1. The highest BCUT2D eigenvalue weighted by atomic mass is 16.5. The maximum absolute atomic E-state index is 11.1. The Kier molecular flexibility index (Phi) is 5.19. The van der Waals surface area contributed by atoms with Gasteiger partial charge in [0.1, 0.15) is 17.2 Å². The monoisotopic (exact) mass is 332 g/mol. The summed E-state index contributed by atoms with van der Waals surface area (Å²) < 4.78 is 10.9. The van der Waals surface area contributed by atoms with Crippen LogP contribution < -0.4 is 9.64 Å². The Morgan fingerprint density at radius 2 is 2.21 bits per heavy atom. The molecule has 0 saturated carbocycles. The van der Waals surface area contributed by atoms with Crippen LogP contribution in [-0.4, -0.2) is 73.6 Å². The number of hydrogen-bond donors (Lipinski definition) is 1. The fourth-order valence-electron chi connectivity index (χ4n) is 3.53. The Balaban J connectivity index is 1.83. The fourth-order valence-corrected chi connectivity index (χ4v) is 3.53. The highest BCUT2D eigenvalue weighted by Gasteiger charge is 2.36. The number of anilines is 1. The molecule has 2 aliphatic heterocycles. The van der Waals surface area contributed by atoms with Crippen LogP contribution >= 0.6 is 0 Å². The van der Waals surface area contributed by atoms with Crippen molar-refractivity contribution < 1.29 is 14.6 Å².